The molecule has 17 heavy (non-hydrogen) atoms. The first kappa shape index (κ1) is 13.1. The van der Waals surface area contributed by atoms with Crippen LogP contribution in [-0.2, 0) is 6.54 Å². The molecule has 1 aliphatic rings. The van der Waals surface area contributed by atoms with E-state index in [1.807, 2.05) is 0 Å². The highest BCUT2D eigenvalue weighted by molar-refractivity contribution is 9.10. The van der Waals surface area contributed by atoms with Gasteiger partial charge in [-0.05, 0) is 57.1 Å². The molecule has 1 saturated heterocycles. The number of hydrogen-bond acceptors (Lipinski definition) is 2. The van der Waals surface area contributed by atoms with Crippen LogP contribution in [0.25, 0.3) is 0 Å². The lowest BCUT2D eigenvalue weighted by Gasteiger charge is -2.19. The van der Waals surface area contributed by atoms with Crippen molar-refractivity contribution < 1.29 is 0 Å². The van der Waals surface area contributed by atoms with E-state index < -0.39 is 0 Å². The van der Waals surface area contributed by atoms with E-state index in [-0.39, 0.29) is 0 Å². The van der Waals surface area contributed by atoms with Crippen LogP contribution in [-0.4, -0.2) is 31.1 Å². The molecule has 0 aliphatic carbocycles. The van der Waals surface area contributed by atoms with Crippen molar-refractivity contribution in [3.05, 3.63) is 34.3 Å². The van der Waals surface area contributed by atoms with E-state index in [2.05, 4.69) is 57.5 Å². The van der Waals surface area contributed by atoms with Crippen LogP contribution in [0.3, 0.4) is 0 Å². The molecule has 3 heteroatoms. The highest BCUT2D eigenvalue weighted by Gasteiger charge is 2.14. The zero-order valence-corrected chi connectivity index (χ0v) is 12.0. The Bertz CT molecular complexity index is 348. The zero-order chi connectivity index (χ0) is 12.1. The van der Waals surface area contributed by atoms with Gasteiger partial charge in [-0.1, -0.05) is 28.1 Å². The Kier molecular flexibility index (Phi) is 5.01. The molecule has 1 heterocycles. The third-order valence-corrected chi connectivity index (χ3v) is 3.86. The normalized spacial score (nSPS) is 20.1. The van der Waals surface area contributed by atoms with Gasteiger partial charge in [-0.25, -0.2) is 0 Å². The third-order valence-electron chi connectivity index (χ3n) is 3.36. The van der Waals surface area contributed by atoms with Crippen molar-refractivity contribution in [3.63, 3.8) is 0 Å². The van der Waals surface area contributed by atoms with Crippen LogP contribution < -0.4 is 5.32 Å². The summed E-state index contributed by atoms with van der Waals surface area (Å²) in [5.74, 6) is 0. The molecule has 1 aromatic carbocycles. The number of rotatable bonds is 5. The summed E-state index contributed by atoms with van der Waals surface area (Å²) in [5.41, 5.74) is 1.38. The first-order valence-corrected chi connectivity index (χ1v) is 7.20. The van der Waals surface area contributed by atoms with Gasteiger partial charge in [-0.2, -0.15) is 0 Å². The predicted octanol–water partition coefficient (Wildman–Crippen LogP) is 3.02. The van der Waals surface area contributed by atoms with Crippen LogP contribution in [0.4, 0.5) is 0 Å². The van der Waals surface area contributed by atoms with Crippen LogP contribution in [0, 0.1) is 0 Å². The summed E-state index contributed by atoms with van der Waals surface area (Å²) in [5, 5.41) is 3.55. The van der Waals surface area contributed by atoms with Crippen molar-refractivity contribution in [3.8, 4) is 0 Å². The molecule has 1 atom stereocenters. The minimum atomic E-state index is 0.750. The average Bonchev–Trinajstić information content (AvgIpc) is 2.79. The smallest absolute Gasteiger partial charge is 0.0231 e. The summed E-state index contributed by atoms with van der Waals surface area (Å²) in [7, 11) is 2.20. The third kappa shape index (κ3) is 4.41. The van der Waals surface area contributed by atoms with Crippen molar-refractivity contribution in [1.29, 1.82) is 0 Å². The lowest BCUT2D eigenvalue weighted by Crippen LogP contribution is -2.28. The summed E-state index contributed by atoms with van der Waals surface area (Å²) in [4.78, 5) is 2.40. The lowest BCUT2D eigenvalue weighted by molar-refractivity contribution is 0.305. The summed E-state index contributed by atoms with van der Waals surface area (Å²) in [6, 6.07) is 9.32. The molecule has 0 spiro atoms. The number of benzene rings is 1. The second kappa shape index (κ2) is 6.53. The molecule has 94 valence electrons. The van der Waals surface area contributed by atoms with Gasteiger partial charge >= 0.3 is 0 Å². The molecule has 0 saturated carbocycles. The Balaban J connectivity index is 1.74. The van der Waals surface area contributed by atoms with Gasteiger partial charge in [0.05, 0.1) is 0 Å². The second-order valence-electron chi connectivity index (χ2n) is 4.95. The van der Waals surface area contributed by atoms with Crippen LogP contribution >= 0.6 is 15.9 Å². The number of nitrogens with one attached hydrogen (secondary N) is 1. The van der Waals surface area contributed by atoms with E-state index in [0.717, 1.165) is 12.6 Å². The standard InChI is InChI=1S/C14H21BrN2/c1-17(9-7-14-6-3-8-16-14)11-12-4-2-5-13(15)10-12/h2,4-5,10,14,16H,3,6-9,11H2,1H3. The molecule has 1 unspecified atom stereocenters. The maximum absolute atomic E-state index is 3.55. The maximum Gasteiger partial charge on any atom is 0.0231 e. The highest BCUT2D eigenvalue weighted by Crippen LogP contribution is 2.14. The van der Waals surface area contributed by atoms with Crippen molar-refractivity contribution in [2.45, 2.75) is 31.8 Å². The second-order valence-corrected chi connectivity index (χ2v) is 5.87. The fraction of sp³-hybridized carbons (Fsp3) is 0.571. The summed E-state index contributed by atoms with van der Waals surface area (Å²) >= 11 is 3.52. The van der Waals surface area contributed by atoms with E-state index in [4.69, 9.17) is 0 Å². The molecule has 1 N–H and O–H groups in total. The number of hydrogen-bond donors (Lipinski definition) is 1. The van der Waals surface area contributed by atoms with Crippen LogP contribution in [0.1, 0.15) is 24.8 Å². The van der Waals surface area contributed by atoms with Gasteiger partial charge in [0, 0.05) is 17.1 Å². The Hall–Kier alpha value is -0.380. The maximum atomic E-state index is 3.55. The van der Waals surface area contributed by atoms with Gasteiger partial charge in [0.25, 0.3) is 0 Å². The fourth-order valence-corrected chi connectivity index (χ4v) is 2.85. The monoisotopic (exact) mass is 296 g/mol. The van der Waals surface area contributed by atoms with Gasteiger partial charge in [-0.15, -0.1) is 0 Å². The highest BCUT2D eigenvalue weighted by atomic mass is 79.9. The molecule has 1 aromatic rings. The first-order valence-electron chi connectivity index (χ1n) is 6.40. The Morgan fingerprint density at radius 3 is 3.06 bits per heavy atom. The largest absolute Gasteiger partial charge is 0.314 e. The number of nitrogens with zero attached hydrogens (tertiary/aromatic N) is 1. The van der Waals surface area contributed by atoms with E-state index in [1.54, 1.807) is 0 Å². The average molecular weight is 297 g/mol. The van der Waals surface area contributed by atoms with Gasteiger partial charge in [0.15, 0.2) is 0 Å². The number of halogens is 1. The van der Waals surface area contributed by atoms with Gasteiger partial charge in [0.2, 0.25) is 0 Å². The van der Waals surface area contributed by atoms with E-state index in [9.17, 15) is 0 Å². The minimum absolute atomic E-state index is 0.750. The van der Waals surface area contributed by atoms with E-state index in [0.29, 0.717) is 0 Å². The lowest BCUT2D eigenvalue weighted by atomic mass is 10.1. The van der Waals surface area contributed by atoms with Crippen molar-refractivity contribution in [1.82, 2.24) is 10.2 Å². The molecule has 0 aromatic heterocycles. The van der Waals surface area contributed by atoms with Gasteiger partial charge in [0.1, 0.15) is 0 Å². The molecular formula is C14H21BrN2. The minimum Gasteiger partial charge on any atom is -0.314 e. The molecule has 2 rings (SSSR count). The van der Waals surface area contributed by atoms with E-state index >= 15 is 0 Å². The van der Waals surface area contributed by atoms with Crippen molar-refractivity contribution in [2.75, 3.05) is 20.1 Å². The molecule has 1 aliphatic heterocycles. The summed E-state index contributed by atoms with van der Waals surface area (Å²) < 4.78 is 1.17. The molecule has 2 nitrogen and oxygen atoms in total. The molecule has 0 bridgehead atoms. The first-order chi connectivity index (χ1) is 8.24. The van der Waals surface area contributed by atoms with Crippen LogP contribution in [0.2, 0.25) is 0 Å². The van der Waals surface area contributed by atoms with E-state index in [1.165, 1.54) is 42.4 Å². The van der Waals surface area contributed by atoms with Crippen molar-refractivity contribution in [2.24, 2.45) is 0 Å². The Morgan fingerprint density at radius 2 is 2.35 bits per heavy atom. The summed E-state index contributed by atoms with van der Waals surface area (Å²) in [6.45, 7) is 3.41. The Labute approximate surface area is 113 Å². The van der Waals surface area contributed by atoms with Crippen LogP contribution in [0.5, 0.6) is 0 Å². The molecule has 1 fully saturated rings. The SMILES string of the molecule is CN(CCC1CCCN1)Cc1cccc(Br)c1. The molecule has 0 radical (unpaired) electrons. The predicted molar refractivity (Wildman–Crippen MR) is 76.1 cm³/mol. The van der Waals surface area contributed by atoms with Crippen molar-refractivity contribution >= 4 is 15.9 Å². The molecule has 0 amide bonds. The zero-order valence-electron chi connectivity index (χ0n) is 10.5. The van der Waals surface area contributed by atoms with Gasteiger partial charge < -0.3 is 10.2 Å². The Morgan fingerprint density at radius 1 is 1.47 bits per heavy atom. The van der Waals surface area contributed by atoms with Gasteiger partial charge in [-0.3, -0.25) is 0 Å². The topological polar surface area (TPSA) is 15.3 Å². The fourth-order valence-electron chi connectivity index (χ4n) is 2.41. The summed E-state index contributed by atoms with van der Waals surface area (Å²) in [6.07, 6.45) is 3.97. The molecular weight excluding hydrogens is 276 g/mol. The quantitative estimate of drug-likeness (QED) is 0.898. The van der Waals surface area contributed by atoms with Crippen LogP contribution in [0.15, 0.2) is 28.7 Å².